The SMILES string of the molecule is CCOc1ccc(S(=O)(=O)N2CCCCC2)cc1NC(=O)CCc1ccc(OC)c(OC)c1. The average Bonchev–Trinajstić information content (AvgIpc) is 2.84. The number of nitrogens with one attached hydrogen (secondary N) is 1. The number of piperidine rings is 1. The highest BCUT2D eigenvalue weighted by molar-refractivity contribution is 7.89. The molecule has 33 heavy (non-hydrogen) atoms. The zero-order valence-electron chi connectivity index (χ0n) is 19.4. The fraction of sp³-hybridized carbons (Fsp3) is 0.458. The fourth-order valence-electron chi connectivity index (χ4n) is 3.81. The molecule has 1 amide bonds. The first-order valence-corrected chi connectivity index (χ1v) is 12.6. The van der Waals surface area contributed by atoms with Gasteiger partial charge in [0.25, 0.3) is 0 Å². The Morgan fingerprint density at radius 1 is 0.970 bits per heavy atom. The molecule has 1 N–H and O–H groups in total. The van der Waals surface area contributed by atoms with Crippen molar-refractivity contribution in [3.8, 4) is 17.2 Å². The minimum absolute atomic E-state index is 0.156. The predicted octanol–water partition coefficient (Wildman–Crippen LogP) is 3.85. The Bertz CT molecular complexity index is 1060. The number of ether oxygens (including phenoxy) is 3. The van der Waals surface area contributed by atoms with Crippen LogP contribution in [0.25, 0.3) is 0 Å². The van der Waals surface area contributed by atoms with E-state index < -0.39 is 10.0 Å². The number of aryl methyl sites for hydroxylation is 1. The van der Waals surface area contributed by atoms with E-state index in [0.29, 0.717) is 49.1 Å². The zero-order valence-corrected chi connectivity index (χ0v) is 20.2. The van der Waals surface area contributed by atoms with E-state index in [4.69, 9.17) is 14.2 Å². The van der Waals surface area contributed by atoms with Gasteiger partial charge in [-0.3, -0.25) is 4.79 Å². The summed E-state index contributed by atoms with van der Waals surface area (Å²) in [6, 6.07) is 10.1. The molecular weight excluding hydrogens is 444 g/mol. The second kappa shape index (κ2) is 11.4. The van der Waals surface area contributed by atoms with Crippen LogP contribution in [0.15, 0.2) is 41.3 Å². The van der Waals surface area contributed by atoms with Crippen molar-refractivity contribution in [2.75, 3.05) is 39.2 Å². The van der Waals surface area contributed by atoms with E-state index in [-0.39, 0.29) is 17.2 Å². The second-order valence-corrected chi connectivity index (χ2v) is 9.73. The monoisotopic (exact) mass is 476 g/mol. The van der Waals surface area contributed by atoms with Crippen LogP contribution in [0.4, 0.5) is 5.69 Å². The molecule has 1 fully saturated rings. The molecule has 1 saturated heterocycles. The topological polar surface area (TPSA) is 94.2 Å². The molecule has 0 bridgehead atoms. The van der Waals surface area contributed by atoms with Gasteiger partial charge in [-0.25, -0.2) is 8.42 Å². The molecule has 2 aromatic carbocycles. The number of sulfonamides is 1. The van der Waals surface area contributed by atoms with Gasteiger partial charge in [0.05, 0.1) is 31.4 Å². The zero-order chi connectivity index (χ0) is 23.8. The Balaban J connectivity index is 1.74. The fourth-order valence-corrected chi connectivity index (χ4v) is 5.35. The summed E-state index contributed by atoms with van der Waals surface area (Å²) in [4.78, 5) is 12.9. The van der Waals surface area contributed by atoms with Crippen molar-refractivity contribution in [3.63, 3.8) is 0 Å². The lowest BCUT2D eigenvalue weighted by Gasteiger charge is -2.26. The third kappa shape index (κ3) is 6.17. The van der Waals surface area contributed by atoms with Crippen molar-refractivity contribution in [2.24, 2.45) is 0 Å². The molecule has 0 saturated carbocycles. The summed E-state index contributed by atoms with van der Waals surface area (Å²) in [5.74, 6) is 1.43. The normalized spacial score (nSPS) is 14.5. The molecule has 0 aromatic heterocycles. The van der Waals surface area contributed by atoms with E-state index in [1.807, 2.05) is 19.1 Å². The smallest absolute Gasteiger partial charge is 0.243 e. The summed E-state index contributed by atoms with van der Waals surface area (Å²) in [6.07, 6.45) is 3.45. The number of methoxy groups -OCH3 is 2. The number of benzene rings is 2. The van der Waals surface area contributed by atoms with Gasteiger partial charge in [-0.15, -0.1) is 0 Å². The predicted molar refractivity (Wildman–Crippen MR) is 127 cm³/mol. The average molecular weight is 477 g/mol. The minimum atomic E-state index is -3.62. The largest absolute Gasteiger partial charge is 0.493 e. The molecule has 0 spiro atoms. The Labute approximate surface area is 195 Å². The first-order chi connectivity index (χ1) is 15.9. The highest BCUT2D eigenvalue weighted by Crippen LogP contribution is 2.31. The number of amides is 1. The number of hydrogen-bond donors (Lipinski definition) is 1. The Morgan fingerprint density at radius 2 is 1.67 bits per heavy atom. The van der Waals surface area contributed by atoms with Gasteiger partial charge in [0, 0.05) is 19.5 Å². The van der Waals surface area contributed by atoms with Crippen LogP contribution in [-0.4, -0.2) is 52.5 Å². The van der Waals surface area contributed by atoms with Gasteiger partial charge in [0.15, 0.2) is 11.5 Å². The van der Waals surface area contributed by atoms with Gasteiger partial charge in [-0.1, -0.05) is 12.5 Å². The van der Waals surface area contributed by atoms with Crippen molar-refractivity contribution in [2.45, 2.75) is 43.9 Å². The number of carbonyl (C=O) groups excluding carboxylic acids is 1. The Hall–Kier alpha value is -2.78. The van der Waals surface area contributed by atoms with Gasteiger partial charge < -0.3 is 19.5 Å². The third-order valence-corrected chi connectivity index (χ3v) is 7.46. The lowest BCUT2D eigenvalue weighted by molar-refractivity contribution is -0.116. The molecule has 1 heterocycles. The first kappa shape index (κ1) is 24.9. The van der Waals surface area contributed by atoms with Crippen LogP contribution in [0, 0.1) is 0 Å². The maximum absolute atomic E-state index is 13.1. The summed E-state index contributed by atoms with van der Waals surface area (Å²) >= 11 is 0. The first-order valence-electron chi connectivity index (χ1n) is 11.2. The standard InChI is InChI=1S/C24H32N2O6S/c1-4-32-21-12-10-19(33(28,29)26-14-6-5-7-15-26)17-20(21)25-24(27)13-9-18-8-11-22(30-2)23(16-18)31-3/h8,10-12,16-17H,4-7,9,13-15H2,1-3H3,(H,25,27). The van der Waals surface area contributed by atoms with Gasteiger partial charge in [0.2, 0.25) is 15.9 Å². The molecule has 2 aromatic rings. The molecule has 0 radical (unpaired) electrons. The molecule has 0 unspecified atom stereocenters. The van der Waals surface area contributed by atoms with Crippen molar-refractivity contribution < 1.29 is 27.4 Å². The van der Waals surface area contributed by atoms with Crippen LogP contribution in [0.1, 0.15) is 38.2 Å². The number of nitrogens with zero attached hydrogens (tertiary/aromatic N) is 1. The number of anilines is 1. The molecular formula is C24H32N2O6S. The lowest BCUT2D eigenvalue weighted by atomic mass is 10.1. The highest BCUT2D eigenvalue weighted by atomic mass is 32.2. The summed E-state index contributed by atoms with van der Waals surface area (Å²) in [5, 5.41) is 2.83. The lowest BCUT2D eigenvalue weighted by Crippen LogP contribution is -2.35. The summed E-state index contributed by atoms with van der Waals surface area (Å²) < 4.78 is 43.8. The summed E-state index contributed by atoms with van der Waals surface area (Å²) in [6.45, 7) is 3.26. The summed E-state index contributed by atoms with van der Waals surface area (Å²) in [5.41, 5.74) is 1.28. The number of rotatable bonds is 10. The molecule has 0 aliphatic carbocycles. The highest BCUT2D eigenvalue weighted by Gasteiger charge is 2.27. The van der Waals surface area contributed by atoms with E-state index in [2.05, 4.69) is 5.32 Å². The van der Waals surface area contributed by atoms with Crippen LogP contribution in [-0.2, 0) is 21.2 Å². The van der Waals surface area contributed by atoms with E-state index in [1.165, 1.54) is 16.4 Å². The number of hydrogen-bond acceptors (Lipinski definition) is 6. The molecule has 1 aliphatic heterocycles. The maximum Gasteiger partial charge on any atom is 0.243 e. The molecule has 180 valence electrons. The van der Waals surface area contributed by atoms with Crippen LogP contribution < -0.4 is 19.5 Å². The maximum atomic E-state index is 13.1. The van der Waals surface area contributed by atoms with Crippen molar-refractivity contribution in [1.29, 1.82) is 0 Å². The molecule has 0 atom stereocenters. The van der Waals surface area contributed by atoms with Gasteiger partial charge >= 0.3 is 0 Å². The quantitative estimate of drug-likeness (QED) is 0.560. The van der Waals surface area contributed by atoms with Crippen LogP contribution in [0.2, 0.25) is 0 Å². The van der Waals surface area contributed by atoms with Crippen molar-refractivity contribution in [1.82, 2.24) is 4.31 Å². The van der Waals surface area contributed by atoms with Crippen LogP contribution in [0.3, 0.4) is 0 Å². The Kier molecular flexibility index (Phi) is 8.57. The van der Waals surface area contributed by atoms with E-state index >= 15 is 0 Å². The van der Waals surface area contributed by atoms with Gasteiger partial charge in [0.1, 0.15) is 5.75 Å². The van der Waals surface area contributed by atoms with E-state index in [9.17, 15) is 13.2 Å². The van der Waals surface area contributed by atoms with E-state index in [1.54, 1.807) is 26.4 Å². The second-order valence-electron chi connectivity index (χ2n) is 7.79. The number of carbonyl (C=O) groups is 1. The molecule has 9 heteroatoms. The molecule has 8 nitrogen and oxygen atoms in total. The Morgan fingerprint density at radius 3 is 2.33 bits per heavy atom. The van der Waals surface area contributed by atoms with Gasteiger partial charge in [-0.2, -0.15) is 4.31 Å². The van der Waals surface area contributed by atoms with E-state index in [0.717, 1.165) is 24.8 Å². The van der Waals surface area contributed by atoms with Crippen molar-refractivity contribution in [3.05, 3.63) is 42.0 Å². The van der Waals surface area contributed by atoms with Crippen molar-refractivity contribution >= 4 is 21.6 Å². The molecule has 1 aliphatic rings. The summed E-state index contributed by atoms with van der Waals surface area (Å²) in [7, 11) is -0.487. The third-order valence-electron chi connectivity index (χ3n) is 5.57. The molecule has 3 rings (SSSR count). The van der Waals surface area contributed by atoms with Crippen LogP contribution >= 0.6 is 0 Å². The van der Waals surface area contributed by atoms with Crippen LogP contribution in [0.5, 0.6) is 17.2 Å². The van der Waals surface area contributed by atoms with Gasteiger partial charge in [-0.05, 0) is 62.1 Å². The minimum Gasteiger partial charge on any atom is -0.493 e.